The molecule has 0 radical (unpaired) electrons. The van der Waals surface area contributed by atoms with Crippen LogP contribution in [-0.4, -0.2) is 6.04 Å². The van der Waals surface area contributed by atoms with E-state index in [-0.39, 0.29) is 0 Å². The number of hydrogen-bond donors (Lipinski definition) is 0. The molecule has 1 heteroatoms. The predicted molar refractivity (Wildman–Crippen MR) is 63.5 cm³/mol. The molecule has 0 aromatic heterocycles. The first kappa shape index (κ1) is 11.0. The molecule has 0 heterocycles. The minimum absolute atomic E-state index is 0.380. The standard InChI is InChI=1S/C14H23N/c1-15-14(12-8-4-2-5-9-12)13-10-6-3-7-11-13/h12-14H,2-11H2. The summed E-state index contributed by atoms with van der Waals surface area (Å²) in [6.07, 6.45) is 13.7. The second-order valence-electron chi connectivity index (χ2n) is 5.42. The topological polar surface area (TPSA) is 4.36 Å². The fourth-order valence-corrected chi connectivity index (χ4v) is 3.55. The van der Waals surface area contributed by atoms with E-state index in [2.05, 4.69) is 4.85 Å². The molecule has 0 saturated heterocycles. The van der Waals surface area contributed by atoms with Crippen molar-refractivity contribution in [2.75, 3.05) is 0 Å². The van der Waals surface area contributed by atoms with Crippen LogP contribution in [0.3, 0.4) is 0 Å². The lowest BCUT2D eigenvalue weighted by atomic mass is 9.74. The van der Waals surface area contributed by atoms with Gasteiger partial charge in [0.2, 0.25) is 6.04 Å². The molecule has 2 aliphatic rings. The molecule has 15 heavy (non-hydrogen) atoms. The van der Waals surface area contributed by atoms with Crippen LogP contribution in [0.1, 0.15) is 64.2 Å². The van der Waals surface area contributed by atoms with Crippen LogP contribution < -0.4 is 0 Å². The Morgan fingerprint density at radius 1 is 0.733 bits per heavy atom. The van der Waals surface area contributed by atoms with Crippen LogP contribution in [0.15, 0.2) is 0 Å². The van der Waals surface area contributed by atoms with Crippen LogP contribution >= 0.6 is 0 Å². The van der Waals surface area contributed by atoms with Crippen LogP contribution in [0.2, 0.25) is 0 Å². The summed E-state index contributed by atoms with van der Waals surface area (Å²) in [5.74, 6) is 1.50. The predicted octanol–water partition coefficient (Wildman–Crippen LogP) is 4.43. The fourth-order valence-electron chi connectivity index (χ4n) is 3.55. The van der Waals surface area contributed by atoms with Crippen molar-refractivity contribution in [3.8, 4) is 0 Å². The molecular weight excluding hydrogens is 182 g/mol. The number of nitrogens with zero attached hydrogens (tertiary/aromatic N) is 1. The van der Waals surface area contributed by atoms with Gasteiger partial charge in [-0.1, -0.05) is 38.5 Å². The maximum Gasteiger partial charge on any atom is 0.229 e. The lowest BCUT2D eigenvalue weighted by Gasteiger charge is -2.30. The third-order valence-corrected chi connectivity index (χ3v) is 4.41. The van der Waals surface area contributed by atoms with Crippen LogP contribution in [0.5, 0.6) is 0 Å². The molecule has 0 unspecified atom stereocenters. The first-order valence-corrected chi connectivity index (χ1v) is 6.78. The van der Waals surface area contributed by atoms with Crippen molar-refractivity contribution in [2.24, 2.45) is 11.8 Å². The molecule has 0 aliphatic heterocycles. The highest BCUT2D eigenvalue weighted by molar-refractivity contribution is 4.93. The van der Waals surface area contributed by atoms with Crippen molar-refractivity contribution in [1.29, 1.82) is 0 Å². The highest BCUT2D eigenvalue weighted by atomic mass is 14.7. The summed E-state index contributed by atoms with van der Waals surface area (Å²) < 4.78 is 0. The summed E-state index contributed by atoms with van der Waals surface area (Å²) in [6.45, 7) is 7.46. The second kappa shape index (κ2) is 5.54. The third-order valence-electron chi connectivity index (χ3n) is 4.41. The average Bonchev–Trinajstić information content (AvgIpc) is 2.33. The first-order chi connectivity index (χ1) is 7.42. The van der Waals surface area contributed by atoms with Crippen molar-refractivity contribution in [3.05, 3.63) is 11.4 Å². The molecule has 0 amide bonds. The monoisotopic (exact) mass is 205 g/mol. The molecule has 1 nitrogen and oxygen atoms in total. The minimum atomic E-state index is 0.380. The Kier molecular flexibility index (Phi) is 4.06. The molecule has 0 N–H and O–H groups in total. The summed E-state index contributed by atoms with van der Waals surface area (Å²) >= 11 is 0. The van der Waals surface area contributed by atoms with E-state index in [1.165, 1.54) is 64.2 Å². The lowest BCUT2D eigenvalue weighted by Crippen LogP contribution is -2.29. The zero-order chi connectivity index (χ0) is 10.5. The van der Waals surface area contributed by atoms with Gasteiger partial charge in [-0.05, 0) is 25.7 Å². The molecule has 2 rings (SSSR count). The van der Waals surface area contributed by atoms with E-state index in [1.54, 1.807) is 0 Å². The Balaban J connectivity index is 1.92. The summed E-state index contributed by atoms with van der Waals surface area (Å²) in [5.41, 5.74) is 0. The van der Waals surface area contributed by atoms with Crippen molar-refractivity contribution in [3.63, 3.8) is 0 Å². The van der Waals surface area contributed by atoms with E-state index in [0.717, 1.165) is 11.8 Å². The first-order valence-electron chi connectivity index (χ1n) is 6.78. The van der Waals surface area contributed by atoms with Crippen LogP contribution in [0, 0.1) is 18.4 Å². The summed E-state index contributed by atoms with van der Waals surface area (Å²) in [7, 11) is 0. The Hall–Kier alpha value is -0.510. The normalized spacial score (nSPS) is 25.3. The average molecular weight is 205 g/mol. The molecule has 84 valence electrons. The van der Waals surface area contributed by atoms with Gasteiger partial charge >= 0.3 is 0 Å². The van der Waals surface area contributed by atoms with Gasteiger partial charge in [-0.25, -0.2) is 6.57 Å². The van der Waals surface area contributed by atoms with E-state index in [4.69, 9.17) is 6.57 Å². The molecule has 0 aromatic carbocycles. The van der Waals surface area contributed by atoms with Gasteiger partial charge in [0.05, 0.1) is 0 Å². The van der Waals surface area contributed by atoms with Crippen LogP contribution in [0.25, 0.3) is 4.85 Å². The van der Waals surface area contributed by atoms with Crippen molar-refractivity contribution >= 4 is 0 Å². The Morgan fingerprint density at radius 2 is 1.13 bits per heavy atom. The highest BCUT2D eigenvalue weighted by Gasteiger charge is 2.35. The quantitative estimate of drug-likeness (QED) is 0.587. The van der Waals surface area contributed by atoms with Gasteiger partial charge in [0.15, 0.2) is 0 Å². The largest absolute Gasteiger partial charge is 0.313 e. The van der Waals surface area contributed by atoms with Crippen molar-refractivity contribution < 1.29 is 0 Å². The highest BCUT2D eigenvalue weighted by Crippen LogP contribution is 2.37. The molecule has 2 saturated carbocycles. The minimum Gasteiger partial charge on any atom is -0.313 e. The van der Waals surface area contributed by atoms with Crippen molar-refractivity contribution in [1.82, 2.24) is 0 Å². The van der Waals surface area contributed by atoms with E-state index >= 15 is 0 Å². The lowest BCUT2D eigenvalue weighted by molar-refractivity contribution is 0.230. The Bertz CT molecular complexity index is 198. The van der Waals surface area contributed by atoms with Gasteiger partial charge in [0, 0.05) is 11.8 Å². The molecule has 0 bridgehead atoms. The van der Waals surface area contributed by atoms with Gasteiger partial charge in [-0.15, -0.1) is 0 Å². The van der Waals surface area contributed by atoms with Gasteiger partial charge in [-0.2, -0.15) is 0 Å². The Morgan fingerprint density at radius 3 is 1.47 bits per heavy atom. The van der Waals surface area contributed by atoms with E-state index in [0.29, 0.717) is 6.04 Å². The van der Waals surface area contributed by atoms with Crippen molar-refractivity contribution in [2.45, 2.75) is 70.3 Å². The SMILES string of the molecule is [C-]#[N+]C(C1CCCCC1)C1CCCCC1. The van der Waals surface area contributed by atoms with Crippen LogP contribution in [0.4, 0.5) is 0 Å². The van der Waals surface area contributed by atoms with Crippen LogP contribution in [-0.2, 0) is 0 Å². The molecule has 2 fully saturated rings. The number of rotatable bonds is 2. The van der Waals surface area contributed by atoms with Gasteiger partial charge in [0.1, 0.15) is 0 Å². The number of hydrogen-bond acceptors (Lipinski definition) is 0. The fraction of sp³-hybridized carbons (Fsp3) is 0.929. The smallest absolute Gasteiger partial charge is 0.229 e. The molecule has 0 atom stereocenters. The van der Waals surface area contributed by atoms with E-state index in [9.17, 15) is 0 Å². The van der Waals surface area contributed by atoms with Gasteiger partial charge in [0.25, 0.3) is 0 Å². The third kappa shape index (κ3) is 2.74. The van der Waals surface area contributed by atoms with Gasteiger partial charge in [-0.3, -0.25) is 0 Å². The molecule has 0 aromatic rings. The summed E-state index contributed by atoms with van der Waals surface area (Å²) in [5, 5.41) is 0. The summed E-state index contributed by atoms with van der Waals surface area (Å²) in [4.78, 5) is 3.99. The zero-order valence-corrected chi connectivity index (χ0v) is 9.75. The van der Waals surface area contributed by atoms with E-state index < -0.39 is 0 Å². The Labute approximate surface area is 94.1 Å². The maximum atomic E-state index is 7.46. The zero-order valence-electron chi connectivity index (χ0n) is 9.75. The maximum absolute atomic E-state index is 7.46. The summed E-state index contributed by atoms with van der Waals surface area (Å²) in [6, 6.07) is 0.380. The van der Waals surface area contributed by atoms with E-state index in [1.807, 2.05) is 0 Å². The molecule has 0 spiro atoms. The molecule has 2 aliphatic carbocycles. The second-order valence-corrected chi connectivity index (χ2v) is 5.42. The van der Waals surface area contributed by atoms with Gasteiger partial charge < -0.3 is 4.85 Å². The molecular formula is C14H23N.